The van der Waals surface area contributed by atoms with Gasteiger partial charge in [0.15, 0.2) is 12.2 Å². The van der Waals surface area contributed by atoms with Crippen molar-refractivity contribution < 1.29 is 13.9 Å². The summed E-state index contributed by atoms with van der Waals surface area (Å²) in [5.41, 5.74) is 1.52. The number of amides is 1. The van der Waals surface area contributed by atoms with E-state index in [2.05, 4.69) is 10.3 Å². The first kappa shape index (κ1) is 12.9. The zero-order valence-electron chi connectivity index (χ0n) is 11.0. The second-order valence-electron chi connectivity index (χ2n) is 4.27. The molecule has 104 valence electrons. The molecule has 21 heavy (non-hydrogen) atoms. The minimum absolute atomic E-state index is 0.494. The van der Waals surface area contributed by atoms with Crippen molar-refractivity contribution in [3.8, 4) is 17.1 Å². The molecule has 0 fully saturated rings. The summed E-state index contributed by atoms with van der Waals surface area (Å²) in [6.45, 7) is 0. The zero-order valence-corrected chi connectivity index (χ0v) is 11.0. The number of benzene rings is 2. The number of nitrogens with one attached hydrogen (secondary N) is 1. The molecule has 5 nitrogen and oxygen atoms in total. The van der Waals surface area contributed by atoms with Crippen LogP contribution >= 0.6 is 0 Å². The van der Waals surface area contributed by atoms with E-state index in [0.717, 1.165) is 5.56 Å². The number of oxazole rings is 1. The minimum atomic E-state index is -0.534. The Balaban J connectivity index is 1.64. The molecule has 1 N–H and O–H groups in total. The lowest BCUT2D eigenvalue weighted by molar-refractivity contribution is 0.215. The minimum Gasteiger partial charge on any atom is -0.444 e. The lowest BCUT2D eigenvalue weighted by Crippen LogP contribution is -2.16. The van der Waals surface area contributed by atoms with E-state index < -0.39 is 6.09 Å². The third-order valence-corrected chi connectivity index (χ3v) is 2.80. The molecule has 1 amide bonds. The van der Waals surface area contributed by atoms with Gasteiger partial charge in [0.2, 0.25) is 0 Å². The van der Waals surface area contributed by atoms with Crippen LogP contribution in [0.1, 0.15) is 0 Å². The summed E-state index contributed by atoms with van der Waals surface area (Å²) in [6, 6.07) is 16.1. The average Bonchev–Trinajstić information content (AvgIpc) is 3.03. The normalized spacial score (nSPS) is 10.1. The van der Waals surface area contributed by atoms with Crippen molar-refractivity contribution in [3.05, 3.63) is 67.2 Å². The first-order chi connectivity index (χ1) is 10.3. The van der Waals surface area contributed by atoms with Crippen LogP contribution in [0, 0.1) is 0 Å². The predicted molar refractivity (Wildman–Crippen MR) is 78.0 cm³/mol. The van der Waals surface area contributed by atoms with Gasteiger partial charge in [0, 0.05) is 11.3 Å². The van der Waals surface area contributed by atoms with E-state index in [-0.39, 0.29) is 0 Å². The molecule has 0 aliphatic rings. The van der Waals surface area contributed by atoms with Gasteiger partial charge in [0.05, 0.1) is 6.20 Å². The van der Waals surface area contributed by atoms with E-state index in [4.69, 9.17) is 9.15 Å². The molecular formula is C16H12N2O3. The Kier molecular flexibility index (Phi) is 3.64. The lowest BCUT2D eigenvalue weighted by atomic mass is 10.2. The van der Waals surface area contributed by atoms with E-state index in [0.29, 0.717) is 17.2 Å². The van der Waals surface area contributed by atoms with Gasteiger partial charge in [-0.1, -0.05) is 18.2 Å². The second-order valence-corrected chi connectivity index (χ2v) is 4.27. The Bertz CT molecular complexity index is 707. The van der Waals surface area contributed by atoms with Gasteiger partial charge in [0.1, 0.15) is 5.75 Å². The van der Waals surface area contributed by atoms with Crippen molar-refractivity contribution in [2.75, 3.05) is 5.32 Å². The van der Waals surface area contributed by atoms with Gasteiger partial charge in [-0.3, -0.25) is 5.32 Å². The first-order valence-electron chi connectivity index (χ1n) is 6.34. The summed E-state index contributed by atoms with van der Waals surface area (Å²) in [5.74, 6) is 1.17. The van der Waals surface area contributed by atoms with E-state index in [1.54, 1.807) is 42.6 Å². The number of aromatic nitrogens is 1. The van der Waals surface area contributed by atoms with E-state index >= 15 is 0 Å². The van der Waals surface area contributed by atoms with Gasteiger partial charge in [-0.05, 0) is 36.4 Å². The lowest BCUT2D eigenvalue weighted by Gasteiger charge is -2.06. The summed E-state index contributed by atoms with van der Waals surface area (Å²) in [5, 5.41) is 2.66. The van der Waals surface area contributed by atoms with Crippen molar-refractivity contribution in [3.63, 3.8) is 0 Å². The van der Waals surface area contributed by atoms with Gasteiger partial charge < -0.3 is 9.15 Å². The fraction of sp³-hybridized carbons (Fsp3) is 0. The number of hydrogen-bond acceptors (Lipinski definition) is 4. The SMILES string of the molecule is O=C(Nc1ccc(-c2cnco2)cc1)Oc1ccccc1. The number of rotatable bonds is 3. The standard InChI is InChI=1S/C16H12N2O3/c19-16(21-14-4-2-1-3-5-14)18-13-8-6-12(7-9-13)15-10-17-11-20-15/h1-11H,(H,18,19). The van der Waals surface area contributed by atoms with Crippen LogP contribution in [-0.4, -0.2) is 11.1 Å². The molecule has 0 bridgehead atoms. The number of hydrogen-bond donors (Lipinski definition) is 1. The fourth-order valence-electron chi connectivity index (χ4n) is 1.82. The number of nitrogens with zero attached hydrogens (tertiary/aromatic N) is 1. The molecule has 1 heterocycles. The summed E-state index contributed by atoms with van der Waals surface area (Å²) >= 11 is 0. The maximum atomic E-state index is 11.7. The summed E-state index contributed by atoms with van der Waals surface area (Å²) in [6.07, 6.45) is 2.47. The van der Waals surface area contributed by atoms with Crippen LogP contribution in [0.25, 0.3) is 11.3 Å². The number of carbonyl (C=O) groups excluding carboxylic acids is 1. The maximum absolute atomic E-state index is 11.7. The Labute approximate surface area is 121 Å². The van der Waals surface area contributed by atoms with E-state index in [9.17, 15) is 4.79 Å². The molecule has 0 unspecified atom stereocenters. The van der Waals surface area contributed by atoms with Gasteiger partial charge in [-0.15, -0.1) is 0 Å². The van der Waals surface area contributed by atoms with Crippen LogP contribution < -0.4 is 10.1 Å². The Hall–Kier alpha value is -3.08. The van der Waals surface area contributed by atoms with Crippen LogP contribution in [0.15, 0.2) is 71.6 Å². The number of anilines is 1. The molecule has 0 spiro atoms. The van der Waals surface area contributed by atoms with Crippen LogP contribution in [0.5, 0.6) is 5.75 Å². The van der Waals surface area contributed by atoms with Gasteiger partial charge in [0.25, 0.3) is 0 Å². The van der Waals surface area contributed by atoms with E-state index in [1.807, 2.05) is 18.2 Å². The molecule has 0 radical (unpaired) electrons. The third kappa shape index (κ3) is 3.27. The van der Waals surface area contributed by atoms with Crippen molar-refractivity contribution in [1.82, 2.24) is 4.98 Å². The molecule has 1 aromatic heterocycles. The van der Waals surface area contributed by atoms with Crippen molar-refractivity contribution in [1.29, 1.82) is 0 Å². The predicted octanol–water partition coefficient (Wildman–Crippen LogP) is 3.95. The first-order valence-corrected chi connectivity index (χ1v) is 6.34. The Morgan fingerprint density at radius 1 is 1.05 bits per heavy atom. The highest BCUT2D eigenvalue weighted by atomic mass is 16.6. The highest BCUT2D eigenvalue weighted by Gasteiger charge is 2.06. The van der Waals surface area contributed by atoms with Crippen LogP contribution in [-0.2, 0) is 0 Å². The van der Waals surface area contributed by atoms with Gasteiger partial charge in [-0.2, -0.15) is 0 Å². The highest BCUT2D eigenvalue weighted by molar-refractivity contribution is 5.86. The maximum Gasteiger partial charge on any atom is 0.417 e. The van der Waals surface area contributed by atoms with Gasteiger partial charge in [-0.25, -0.2) is 9.78 Å². The summed E-state index contributed by atoms with van der Waals surface area (Å²) < 4.78 is 10.3. The Morgan fingerprint density at radius 2 is 1.81 bits per heavy atom. The molecule has 3 rings (SSSR count). The molecule has 3 aromatic rings. The average molecular weight is 280 g/mol. The summed E-state index contributed by atoms with van der Waals surface area (Å²) in [7, 11) is 0. The highest BCUT2D eigenvalue weighted by Crippen LogP contribution is 2.21. The molecule has 0 aliphatic heterocycles. The molecule has 2 aromatic carbocycles. The number of ether oxygens (including phenoxy) is 1. The van der Waals surface area contributed by atoms with Crippen molar-refractivity contribution in [2.24, 2.45) is 0 Å². The molecular weight excluding hydrogens is 268 g/mol. The molecule has 0 atom stereocenters. The Morgan fingerprint density at radius 3 is 2.48 bits per heavy atom. The molecule has 0 saturated heterocycles. The topological polar surface area (TPSA) is 64.4 Å². The zero-order chi connectivity index (χ0) is 14.5. The quantitative estimate of drug-likeness (QED) is 0.788. The molecule has 5 heteroatoms. The van der Waals surface area contributed by atoms with Crippen LogP contribution in [0.3, 0.4) is 0 Å². The fourth-order valence-corrected chi connectivity index (χ4v) is 1.82. The van der Waals surface area contributed by atoms with E-state index in [1.165, 1.54) is 6.39 Å². The van der Waals surface area contributed by atoms with Crippen LogP contribution in [0.4, 0.5) is 10.5 Å². The summed E-state index contributed by atoms with van der Waals surface area (Å²) in [4.78, 5) is 15.6. The van der Waals surface area contributed by atoms with Crippen LogP contribution in [0.2, 0.25) is 0 Å². The van der Waals surface area contributed by atoms with Gasteiger partial charge >= 0.3 is 6.09 Å². The largest absolute Gasteiger partial charge is 0.444 e. The monoisotopic (exact) mass is 280 g/mol. The molecule has 0 saturated carbocycles. The number of carbonyl (C=O) groups is 1. The second kappa shape index (κ2) is 5.92. The van der Waals surface area contributed by atoms with Crippen molar-refractivity contribution in [2.45, 2.75) is 0 Å². The van der Waals surface area contributed by atoms with Crippen molar-refractivity contribution >= 4 is 11.8 Å². The molecule has 0 aliphatic carbocycles. The third-order valence-electron chi connectivity index (χ3n) is 2.80. The smallest absolute Gasteiger partial charge is 0.417 e. The number of para-hydroxylation sites is 1.